The van der Waals surface area contributed by atoms with Crippen molar-refractivity contribution in [2.24, 2.45) is 0 Å². The van der Waals surface area contributed by atoms with Crippen molar-refractivity contribution in [2.75, 3.05) is 19.7 Å². The van der Waals surface area contributed by atoms with Crippen molar-refractivity contribution >= 4 is 5.91 Å². The zero-order valence-electron chi connectivity index (χ0n) is 18.9. The van der Waals surface area contributed by atoms with E-state index in [9.17, 15) is 9.18 Å². The van der Waals surface area contributed by atoms with Crippen LogP contribution in [0.2, 0.25) is 0 Å². The molecule has 178 valence electrons. The van der Waals surface area contributed by atoms with Gasteiger partial charge in [0.25, 0.3) is 5.91 Å². The van der Waals surface area contributed by atoms with Crippen LogP contribution in [-0.4, -0.2) is 52.5 Å². The van der Waals surface area contributed by atoms with Gasteiger partial charge < -0.3 is 19.1 Å². The molecule has 0 bridgehead atoms. The average molecular weight is 467 g/mol. The minimum Gasteiger partial charge on any atom is -0.486 e. The molecule has 3 aromatic rings. The number of carbonyl (C=O) groups excluding carboxylic acids is 1. The highest BCUT2D eigenvalue weighted by molar-refractivity contribution is 5.97. The smallest absolute Gasteiger partial charge is 0.257 e. The van der Waals surface area contributed by atoms with E-state index in [1.807, 2.05) is 17.0 Å². The monoisotopic (exact) mass is 467 g/mol. The second kappa shape index (κ2) is 9.42. The molecule has 2 aliphatic heterocycles. The maximum Gasteiger partial charge on any atom is 0.257 e. The van der Waals surface area contributed by atoms with Gasteiger partial charge in [-0.1, -0.05) is 34.6 Å². The molecule has 1 amide bonds. The predicted molar refractivity (Wildman–Crippen MR) is 119 cm³/mol. The van der Waals surface area contributed by atoms with Crippen LogP contribution in [0.3, 0.4) is 0 Å². The predicted octanol–water partition coefficient (Wildman–Crippen LogP) is 3.94. The van der Waals surface area contributed by atoms with Gasteiger partial charge in [0, 0.05) is 19.5 Å². The van der Waals surface area contributed by atoms with Crippen LogP contribution in [0.4, 0.5) is 4.39 Å². The third kappa shape index (κ3) is 4.61. The molecule has 2 saturated heterocycles. The van der Waals surface area contributed by atoms with Gasteiger partial charge in [-0.3, -0.25) is 4.79 Å². The number of halogens is 1. The quantitative estimate of drug-likeness (QED) is 0.543. The fourth-order valence-corrected chi connectivity index (χ4v) is 4.53. The van der Waals surface area contributed by atoms with Crippen LogP contribution in [0.1, 0.15) is 41.0 Å². The summed E-state index contributed by atoms with van der Waals surface area (Å²) in [5, 5.41) is 7.57. The van der Waals surface area contributed by atoms with E-state index in [2.05, 4.69) is 10.3 Å². The van der Waals surface area contributed by atoms with Gasteiger partial charge in [-0.15, -0.1) is 0 Å². The Morgan fingerprint density at radius 3 is 2.59 bits per heavy atom. The second-order valence-electron chi connectivity index (χ2n) is 8.74. The zero-order chi connectivity index (χ0) is 23.5. The van der Waals surface area contributed by atoms with Crippen molar-refractivity contribution < 1.29 is 28.0 Å². The Labute approximate surface area is 196 Å². The molecule has 1 aromatic heterocycles. The zero-order valence-corrected chi connectivity index (χ0v) is 18.9. The molecular formula is C25H26FN3O5. The molecule has 2 aromatic carbocycles. The van der Waals surface area contributed by atoms with Gasteiger partial charge >= 0.3 is 0 Å². The van der Waals surface area contributed by atoms with Crippen LogP contribution in [-0.2, 0) is 11.3 Å². The fourth-order valence-electron chi connectivity index (χ4n) is 4.53. The van der Waals surface area contributed by atoms with Crippen molar-refractivity contribution in [3.05, 3.63) is 71.3 Å². The highest BCUT2D eigenvalue weighted by atomic mass is 19.1. The van der Waals surface area contributed by atoms with Gasteiger partial charge in [-0.2, -0.15) is 0 Å². The number of hydrogen-bond acceptors (Lipinski definition) is 7. The Bertz CT molecular complexity index is 1160. The number of nitrogens with zero attached hydrogens (tertiary/aromatic N) is 3. The molecule has 1 atom stereocenters. The van der Waals surface area contributed by atoms with Gasteiger partial charge in [0.05, 0.1) is 17.8 Å². The number of carbonyl (C=O) groups is 1. The standard InChI is InChI=1S/C25H26FN3O5/c1-17-21(28-34-27-17)16-31-22-8-4-2-6-19(22)24(30)29-12-10-25(11-13-29)14-18(15-32-25)33-23-9-5-3-7-20(23)26/h2-9,18H,10-16H2,1H3/t18-/m0/s1. The van der Waals surface area contributed by atoms with Gasteiger partial charge in [0.1, 0.15) is 29.8 Å². The van der Waals surface area contributed by atoms with Crippen molar-refractivity contribution in [1.29, 1.82) is 0 Å². The first kappa shape index (κ1) is 22.3. The van der Waals surface area contributed by atoms with Crippen LogP contribution in [0.25, 0.3) is 0 Å². The summed E-state index contributed by atoms with van der Waals surface area (Å²) in [4.78, 5) is 15.1. The molecular weight excluding hydrogens is 441 g/mol. The number of rotatable bonds is 6. The van der Waals surface area contributed by atoms with Gasteiger partial charge in [-0.05, 0) is 44.0 Å². The van der Waals surface area contributed by atoms with Gasteiger partial charge in [0.2, 0.25) is 0 Å². The number of benzene rings is 2. The first-order valence-electron chi connectivity index (χ1n) is 11.4. The first-order valence-corrected chi connectivity index (χ1v) is 11.4. The lowest BCUT2D eigenvalue weighted by Crippen LogP contribution is -2.46. The minimum absolute atomic E-state index is 0.0856. The number of piperidine rings is 1. The molecule has 5 rings (SSSR count). The highest BCUT2D eigenvalue weighted by Crippen LogP contribution is 2.38. The molecule has 2 fully saturated rings. The summed E-state index contributed by atoms with van der Waals surface area (Å²) in [6, 6.07) is 13.6. The Morgan fingerprint density at radius 1 is 1.12 bits per heavy atom. The number of amides is 1. The Kier molecular flexibility index (Phi) is 6.19. The number of hydrogen-bond donors (Lipinski definition) is 0. The van der Waals surface area contributed by atoms with Gasteiger partial charge in [-0.25, -0.2) is 9.02 Å². The van der Waals surface area contributed by atoms with Crippen LogP contribution < -0.4 is 9.47 Å². The van der Waals surface area contributed by atoms with E-state index in [0.29, 0.717) is 61.7 Å². The summed E-state index contributed by atoms with van der Waals surface area (Å²) < 4.78 is 36.5. The topological polar surface area (TPSA) is 86.9 Å². The summed E-state index contributed by atoms with van der Waals surface area (Å²) in [7, 11) is 0. The molecule has 0 aliphatic carbocycles. The Morgan fingerprint density at radius 2 is 1.85 bits per heavy atom. The van der Waals surface area contributed by atoms with Crippen molar-refractivity contribution in [3.63, 3.8) is 0 Å². The van der Waals surface area contributed by atoms with Crippen molar-refractivity contribution in [1.82, 2.24) is 15.2 Å². The van der Waals surface area contributed by atoms with E-state index >= 15 is 0 Å². The van der Waals surface area contributed by atoms with E-state index in [0.717, 1.165) is 0 Å². The third-order valence-corrected chi connectivity index (χ3v) is 6.50. The Balaban J connectivity index is 1.19. The minimum atomic E-state index is -0.375. The van der Waals surface area contributed by atoms with Crippen molar-refractivity contribution in [2.45, 2.75) is 44.5 Å². The largest absolute Gasteiger partial charge is 0.486 e. The maximum absolute atomic E-state index is 13.9. The third-order valence-electron chi connectivity index (χ3n) is 6.50. The van der Waals surface area contributed by atoms with Crippen molar-refractivity contribution in [3.8, 4) is 11.5 Å². The molecule has 0 saturated carbocycles. The molecule has 9 heteroatoms. The average Bonchev–Trinajstić information content (AvgIpc) is 3.45. The van der Waals surface area contributed by atoms with E-state index in [4.69, 9.17) is 18.8 Å². The fraction of sp³-hybridized carbons (Fsp3) is 0.400. The molecule has 0 radical (unpaired) electrons. The molecule has 2 aliphatic rings. The summed E-state index contributed by atoms with van der Waals surface area (Å²) in [6.45, 7) is 3.49. The summed E-state index contributed by atoms with van der Waals surface area (Å²) >= 11 is 0. The molecule has 34 heavy (non-hydrogen) atoms. The summed E-state index contributed by atoms with van der Waals surface area (Å²) in [5.41, 5.74) is 1.40. The number of likely N-dealkylation sites (tertiary alicyclic amines) is 1. The van der Waals surface area contributed by atoms with Crippen LogP contribution in [0.15, 0.2) is 53.2 Å². The van der Waals surface area contributed by atoms with E-state index < -0.39 is 0 Å². The van der Waals surface area contributed by atoms with Crippen LogP contribution in [0.5, 0.6) is 11.5 Å². The second-order valence-corrected chi connectivity index (χ2v) is 8.74. The van der Waals surface area contributed by atoms with E-state index in [-0.39, 0.29) is 35.8 Å². The van der Waals surface area contributed by atoms with Crippen LogP contribution in [0, 0.1) is 12.7 Å². The molecule has 8 nitrogen and oxygen atoms in total. The first-order chi connectivity index (χ1) is 16.5. The lowest BCUT2D eigenvalue weighted by Gasteiger charge is -2.38. The SMILES string of the molecule is Cc1nonc1COc1ccccc1C(=O)N1CCC2(CC1)C[C@H](Oc1ccccc1F)CO2. The molecule has 1 spiro atoms. The van der Waals surface area contributed by atoms with E-state index in [1.54, 1.807) is 37.3 Å². The highest BCUT2D eigenvalue weighted by Gasteiger charge is 2.44. The molecule has 0 N–H and O–H groups in total. The number of aromatic nitrogens is 2. The molecule has 0 unspecified atom stereocenters. The number of aryl methyl sites for hydroxylation is 1. The molecule has 3 heterocycles. The summed E-state index contributed by atoms with van der Waals surface area (Å²) in [6.07, 6.45) is 1.86. The Hall–Kier alpha value is -3.46. The maximum atomic E-state index is 13.9. The lowest BCUT2D eigenvalue weighted by atomic mass is 9.87. The van der Waals surface area contributed by atoms with Crippen LogP contribution >= 0.6 is 0 Å². The van der Waals surface area contributed by atoms with E-state index in [1.165, 1.54) is 6.07 Å². The lowest BCUT2D eigenvalue weighted by molar-refractivity contribution is -0.0396. The normalized spacial score (nSPS) is 19.4. The number of para-hydroxylation sites is 2. The van der Waals surface area contributed by atoms with Gasteiger partial charge in [0.15, 0.2) is 11.6 Å². The summed E-state index contributed by atoms with van der Waals surface area (Å²) in [5.74, 6) is 0.275. The number of ether oxygens (including phenoxy) is 3.